The van der Waals surface area contributed by atoms with E-state index in [4.69, 9.17) is 0 Å². The van der Waals surface area contributed by atoms with Gasteiger partial charge < -0.3 is 5.32 Å². The van der Waals surface area contributed by atoms with Crippen LogP contribution in [0.4, 0.5) is 10.2 Å². The quantitative estimate of drug-likeness (QED) is 0.804. The first-order valence-corrected chi connectivity index (χ1v) is 7.15. The molecule has 0 bridgehead atoms. The van der Waals surface area contributed by atoms with Gasteiger partial charge in [-0.05, 0) is 36.8 Å². The van der Waals surface area contributed by atoms with Gasteiger partial charge in [0, 0.05) is 12.0 Å². The minimum Gasteiger partial charge on any atom is -0.368 e. The Hall–Kier alpha value is -2.50. The molecular weight excluding hydrogens is 281 g/mol. The standard InChI is InChI=1S/C16H18FN5/c1-11-19-20-15-8-7-14(21-22(11)15)18-10-16(2,3)12-5-4-6-13(17)9-12/h4-9H,10H2,1-3H3,(H,18,21). The van der Waals surface area contributed by atoms with Gasteiger partial charge in [0.15, 0.2) is 11.5 Å². The van der Waals surface area contributed by atoms with Crippen LogP contribution in [0.3, 0.4) is 0 Å². The highest BCUT2D eigenvalue weighted by Gasteiger charge is 2.21. The molecule has 0 unspecified atom stereocenters. The highest BCUT2D eigenvalue weighted by Crippen LogP contribution is 2.24. The first-order chi connectivity index (χ1) is 10.5. The molecule has 0 amide bonds. The molecule has 3 rings (SSSR count). The van der Waals surface area contributed by atoms with Gasteiger partial charge in [0.25, 0.3) is 0 Å². The summed E-state index contributed by atoms with van der Waals surface area (Å²) in [6, 6.07) is 10.4. The van der Waals surface area contributed by atoms with Gasteiger partial charge in [-0.15, -0.1) is 15.3 Å². The lowest BCUT2D eigenvalue weighted by molar-refractivity contribution is 0.545. The molecule has 0 spiro atoms. The maximum absolute atomic E-state index is 13.4. The predicted molar refractivity (Wildman–Crippen MR) is 83.4 cm³/mol. The average molecular weight is 299 g/mol. The maximum atomic E-state index is 13.4. The summed E-state index contributed by atoms with van der Waals surface area (Å²) in [4.78, 5) is 0. The molecule has 0 atom stereocenters. The van der Waals surface area contributed by atoms with E-state index < -0.39 is 0 Å². The number of nitrogens with zero attached hydrogens (tertiary/aromatic N) is 4. The van der Waals surface area contributed by atoms with Crippen LogP contribution in [0.2, 0.25) is 0 Å². The minimum atomic E-state index is -0.221. The third kappa shape index (κ3) is 2.77. The van der Waals surface area contributed by atoms with Crippen LogP contribution in [-0.2, 0) is 5.41 Å². The van der Waals surface area contributed by atoms with Crippen molar-refractivity contribution < 1.29 is 4.39 Å². The molecule has 0 radical (unpaired) electrons. The van der Waals surface area contributed by atoms with Gasteiger partial charge in [-0.25, -0.2) is 4.39 Å². The summed E-state index contributed by atoms with van der Waals surface area (Å²) in [5.74, 6) is 1.26. The molecule has 0 saturated heterocycles. The molecule has 5 nitrogen and oxygen atoms in total. The molecule has 0 aliphatic heterocycles. The molecule has 0 saturated carbocycles. The zero-order valence-corrected chi connectivity index (χ0v) is 12.8. The molecule has 1 N–H and O–H groups in total. The lowest BCUT2D eigenvalue weighted by atomic mass is 9.84. The summed E-state index contributed by atoms with van der Waals surface area (Å²) in [6.45, 7) is 6.62. The number of nitrogens with one attached hydrogen (secondary N) is 1. The van der Waals surface area contributed by atoms with Crippen molar-refractivity contribution in [2.45, 2.75) is 26.2 Å². The van der Waals surface area contributed by atoms with Crippen LogP contribution in [0.5, 0.6) is 0 Å². The molecule has 2 heterocycles. The fraction of sp³-hybridized carbons (Fsp3) is 0.312. The Morgan fingerprint density at radius 2 is 2.00 bits per heavy atom. The van der Waals surface area contributed by atoms with Gasteiger partial charge in [-0.2, -0.15) is 4.52 Å². The molecule has 3 aromatic rings. The molecule has 0 fully saturated rings. The second kappa shape index (κ2) is 5.36. The molecule has 22 heavy (non-hydrogen) atoms. The Labute approximate surface area is 128 Å². The topological polar surface area (TPSA) is 55.1 Å². The lowest BCUT2D eigenvalue weighted by Crippen LogP contribution is -2.28. The van der Waals surface area contributed by atoms with Gasteiger partial charge in [0.05, 0.1) is 0 Å². The average Bonchev–Trinajstić information content (AvgIpc) is 2.86. The third-order valence-corrected chi connectivity index (χ3v) is 3.74. The Morgan fingerprint density at radius 3 is 2.77 bits per heavy atom. The van der Waals surface area contributed by atoms with E-state index >= 15 is 0 Å². The molecule has 0 aliphatic carbocycles. The van der Waals surface area contributed by atoms with Crippen molar-refractivity contribution in [3.05, 3.63) is 53.6 Å². The van der Waals surface area contributed by atoms with Crippen LogP contribution in [0, 0.1) is 12.7 Å². The Kier molecular flexibility index (Phi) is 3.52. The van der Waals surface area contributed by atoms with E-state index in [0.717, 1.165) is 17.2 Å². The van der Waals surface area contributed by atoms with Gasteiger partial charge in [0.2, 0.25) is 0 Å². The number of aromatic nitrogens is 4. The Balaban J connectivity index is 1.79. The molecule has 1 aromatic carbocycles. The summed E-state index contributed by atoms with van der Waals surface area (Å²) >= 11 is 0. The fourth-order valence-corrected chi connectivity index (χ4v) is 2.31. The first-order valence-electron chi connectivity index (χ1n) is 7.15. The van der Waals surface area contributed by atoms with Crippen molar-refractivity contribution in [3.63, 3.8) is 0 Å². The largest absolute Gasteiger partial charge is 0.368 e. The van der Waals surface area contributed by atoms with Gasteiger partial charge >= 0.3 is 0 Å². The Morgan fingerprint density at radius 1 is 1.18 bits per heavy atom. The molecule has 6 heteroatoms. The van der Waals surface area contributed by atoms with E-state index in [9.17, 15) is 4.39 Å². The number of hydrogen-bond donors (Lipinski definition) is 1. The van der Waals surface area contributed by atoms with E-state index in [2.05, 4.69) is 34.5 Å². The van der Waals surface area contributed by atoms with Crippen molar-refractivity contribution in [1.82, 2.24) is 19.8 Å². The van der Waals surface area contributed by atoms with Crippen molar-refractivity contribution >= 4 is 11.5 Å². The fourth-order valence-electron chi connectivity index (χ4n) is 2.31. The second-order valence-corrected chi connectivity index (χ2v) is 5.98. The number of rotatable bonds is 4. The molecule has 0 aliphatic rings. The lowest BCUT2D eigenvalue weighted by Gasteiger charge is -2.26. The highest BCUT2D eigenvalue weighted by molar-refractivity contribution is 5.44. The van der Waals surface area contributed by atoms with Gasteiger partial charge in [0.1, 0.15) is 11.6 Å². The number of benzene rings is 1. The van der Waals surface area contributed by atoms with Crippen LogP contribution in [0.15, 0.2) is 36.4 Å². The maximum Gasteiger partial charge on any atom is 0.178 e. The van der Waals surface area contributed by atoms with E-state index in [0.29, 0.717) is 12.2 Å². The van der Waals surface area contributed by atoms with Gasteiger partial charge in [-0.1, -0.05) is 26.0 Å². The number of halogens is 1. The van der Waals surface area contributed by atoms with Crippen molar-refractivity contribution in [3.8, 4) is 0 Å². The highest BCUT2D eigenvalue weighted by atomic mass is 19.1. The molecule has 2 aromatic heterocycles. The summed E-state index contributed by atoms with van der Waals surface area (Å²) in [5.41, 5.74) is 1.44. The normalized spacial score (nSPS) is 11.8. The number of aryl methyl sites for hydroxylation is 1. The van der Waals surface area contributed by atoms with E-state index in [1.54, 1.807) is 16.6 Å². The van der Waals surface area contributed by atoms with E-state index in [1.165, 1.54) is 6.07 Å². The number of hydrogen-bond acceptors (Lipinski definition) is 4. The molecule has 114 valence electrons. The first kappa shape index (κ1) is 14.4. The minimum absolute atomic E-state index is 0.217. The number of anilines is 1. The van der Waals surface area contributed by atoms with Crippen LogP contribution in [-0.4, -0.2) is 26.4 Å². The van der Waals surface area contributed by atoms with Gasteiger partial charge in [-0.3, -0.25) is 0 Å². The predicted octanol–water partition coefficient (Wildman–Crippen LogP) is 2.96. The van der Waals surface area contributed by atoms with Crippen molar-refractivity contribution in [2.75, 3.05) is 11.9 Å². The summed E-state index contributed by atoms with van der Waals surface area (Å²) in [7, 11) is 0. The second-order valence-electron chi connectivity index (χ2n) is 5.98. The third-order valence-electron chi connectivity index (χ3n) is 3.74. The van der Waals surface area contributed by atoms with Crippen LogP contribution >= 0.6 is 0 Å². The van der Waals surface area contributed by atoms with Crippen LogP contribution in [0.25, 0.3) is 5.65 Å². The summed E-state index contributed by atoms with van der Waals surface area (Å²) < 4.78 is 15.1. The van der Waals surface area contributed by atoms with E-state index in [1.807, 2.05) is 25.1 Å². The van der Waals surface area contributed by atoms with Crippen LogP contribution in [0.1, 0.15) is 25.2 Å². The van der Waals surface area contributed by atoms with Crippen molar-refractivity contribution in [1.29, 1.82) is 0 Å². The van der Waals surface area contributed by atoms with Crippen molar-refractivity contribution in [2.24, 2.45) is 0 Å². The zero-order valence-electron chi connectivity index (χ0n) is 12.8. The smallest absolute Gasteiger partial charge is 0.178 e. The monoisotopic (exact) mass is 299 g/mol. The van der Waals surface area contributed by atoms with Crippen LogP contribution < -0.4 is 5.32 Å². The summed E-state index contributed by atoms with van der Waals surface area (Å²) in [5, 5.41) is 15.7. The Bertz CT molecular complexity index is 809. The summed E-state index contributed by atoms with van der Waals surface area (Å²) in [6.07, 6.45) is 0. The number of fused-ring (bicyclic) bond motifs is 1. The van der Waals surface area contributed by atoms with E-state index in [-0.39, 0.29) is 11.2 Å². The molecular formula is C16H18FN5. The zero-order chi connectivity index (χ0) is 15.7. The SMILES string of the molecule is Cc1nnc2ccc(NCC(C)(C)c3cccc(F)c3)nn12.